The molecule has 2 amide bonds. The summed E-state index contributed by atoms with van der Waals surface area (Å²) in [7, 11) is 3.23. The van der Waals surface area contributed by atoms with Crippen molar-refractivity contribution in [2.75, 3.05) is 20.6 Å². The van der Waals surface area contributed by atoms with Crippen molar-refractivity contribution in [3.05, 3.63) is 11.7 Å². The van der Waals surface area contributed by atoms with Gasteiger partial charge in [0.15, 0.2) is 5.82 Å². The van der Waals surface area contributed by atoms with Crippen LogP contribution < -0.4 is 0 Å². The molecular weight excluding hydrogens is 248 g/mol. The molecule has 7 nitrogen and oxygen atoms in total. The van der Waals surface area contributed by atoms with Crippen LogP contribution in [0.25, 0.3) is 0 Å². The van der Waals surface area contributed by atoms with Crippen LogP contribution in [-0.4, -0.2) is 52.4 Å². The van der Waals surface area contributed by atoms with Crippen LogP contribution in [0.4, 0.5) is 0 Å². The number of likely N-dealkylation sites (tertiary alicyclic amines) is 1. The lowest BCUT2D eigenvalue weighted by atomic mass is 10.2. The third-order valence-electron chi connectivity index (χ3n) is 3.06. The smallest absolute Gasteiger partial charge is 0.316 e. The monoisotopic (exact) mass is 266 g/mol. The number of nitrogens with zero attached hydrogens (tertiary/aromatic N) is 4. The van der Waals surface area contributed by atoms with Crippen LogP contribution in [-0.2, 0) is 11.3 Å². The molecule has 0 spiro atoms. The van der Waals surface area contributed by atoms with Gasteiger partial charge in [-0.15, -0.1) is 0 Å². The second kappa shape index (κ2) is 5.81. The first-order chi connectivity index (χ1) is 9.08. The van der Waals surface area contributed by atoms with E-state index in [1.807, 2.05) is 0 Å². The quantitative estimate of drug-likeness (QED) is 0.803. The molecule has 1 aliphatic rings. The summed E-state index contributed by atoms with van der Waals surface area (Å²) in [5.74, 6) is 0.117. The van der Waals surface area contributed by atoms with Crippen molar-refractivity contribution in [2.24, 2.45) is 0 Å². The van der Waals surface area contributed by atoms with Crippen molar-refractivity contribution in [1.82, 2.24) is 19.9 Å². The number of hydrogen-bond acceptors (Lipinski definition) is 5. The molecule has 2 rings (SSSR count). The molecule has 2 heterocycles. The molecule has 1 fully saturated rings. The van der Waals surface area contributed by atoms with Gasteiger partial charge in [0.05, 0.1) is 6.54 Å². The number of carbonyl (C=O) groups is 2. The molecule has 19 heavy (non-hydrogen) atoms. The van der Waals surface area contributed by atoms with Crippen molar-refractivity contribution in [2.45, 2.75) is 32.2 Å². The second-order valence-electron chi connectivity index (χ2n) is 4.84. The van der Waals surface area contributed by atoms with E-state index >= 15 is 0 Å². The van der Waals surface area contributed by atoms with Gasteiger partial charge in [-0.25, -0.2) is 0 Å². The topological polar surface area (TPSA) is 79.5 Å². The normalized spacial score (nSPS) is 16.3. The minimum atomic E-state index is -0.332. The van der Waals surface area contributed by atoms with Gasteiger partial charge in [-0.1, -0.05) is 11.6 Å². The minimum absolute atomic E-state index is 0.0396. The van der Waals surface area contributed by atoms with Crippen LogP contribution in [0.15, 0.2) is 4.52 Å². The van der Waals surface area contributed by atoms with Gasteiger partial charge in [-0.05, 0) is 12.8 Å². The van der Waals surface area contributed by atoms with Crippen molar-refractivity contribution >= 4 is 11.8 Å². The Morgan fingerprint density at radius 3 is 2.89 bits per heavy atom. The summed E-state index contributed by atoms with van der Waals surface area (Å²) in [6.07, 6.45) is 3.57. The highest BCUT2D eigenvalue weighted by atomic mass is 16.5. The molecule has 1 aliphatic heterocycles. The predicted molar refractivity (Wildman–Crippen MR) is 66.2 cm³/mol. The molecule has 0 aliphatic carbocycles. The lowest BCUT2D eigenvalue weighted by molar-refractivity contribution is -0.131. The molecule has 104 valence electrons. The highest BCUT2D eigenvalue weighted by molar-refractivity contribution is 5.89. The average Bonchev–Trinajstić information content (AvgIpc) is 2.74. The zero-order chi connectivity index (χ0) is 13.8. The van der Waals surface area contributed by atoms with E-state index in [4.69, 9.17) is 4.52 Å². The Labute approximate surface area is 111 Å². The highest BCUT2D eigenvalue weighted by Gasteiger charge is 2.21. The fraction of sp³-hybridized carbons (Fsp3) is 0.667. The van der Waals surface area contributed by atoms with E-state index in [2.05, 4.69) is 10.1 Å². The van der Waals surface area contributed by atoms with Crippen LogP contribution in [0.1, 0.15) is 42.2 Å². The highest BCUT2D eigenvalue weighted by Crippen LogP contribution is 2.13. The van der Waals surface area contributed by atoms with E-state index in [1.54, 1.807) is 19.0 Å². The molecule has 0 atom stereocenters. The number of aromatic nitrogens is 2. The minimum Gasteiger partial charge on any atom is -0.341 e. The van der Waals surface area contributed by atoms with Crippen molar-refractivity contribution in [1.29, 1.82) is 0 Å². The van der Waals surface area contributed by atoms with E-state index in [0.29, 0.717) is 25.3 Å². The SMILES string of the molecule is CN(C)C(=O)c1nc(CN2CCCCCC2=O)no1. The molecule has 0 radical (unpaired) electrons. The number of rotatable bonds is 3. The molecule has 0 saturated carbocycles. The Bertz CT molecular complexity index is 469. The fourth-order valence-electron chi connectivity index (χ4n) is 1.97. The maximum Gasteiger partial charge on any atom is 0.316 e. The molecule has 0 N–H and O–H groups in total. The summed E-state index contributed by atoms with van der Waals surface area (Å²) < 4.78 is 4.91. The van der Waals surface area contributed by atoms with E-state index in [1.165, 1.54) is 4.90 Å². The first kappa shape index (κ1) is 13.5. The Kier molecular flexibility index (Phi) is 4.13. The van der Waals surface area contributed by atoms with Gasteiger partial charge in [0.2, 0.25) is 5.91 Å². The van der Waals surface area contributed by atoms with Gasteiger partial charge >= 0.3 is 11.8 Å². The summed E-state index contributed by atoms with van der Waals surface area (Å²) in [4.78, 5) is 30.6. The molecule has 7 heteroatoms. The lowest BCUT2D eigenvalue weighted by Gasteiger charge is -2.17. The molecule has 0 aromatic carbocycles. The van der Waals surface area contributed by atoms with Gasteiger partial charge in [-0.2, -0.15) is 4.98 Å². The molecule has 0 unspecified atom stereocenters. The number of carbonyl (C=O) groups excluding carboxylic acids is 2. The first-order valence-electron chi connectivity index (χ1n) is 6.40. The molecule has 1 saturated heterocycles. The zero-order valence-corrected chi connectivity index (χ0v) is 11.3. The first-order valence-corrected chi connectivity index (χ1v) is 6.40. The van der Waals surface area contributed by atoms with E-state index in [-0.39, 0.29) is 17.7 Å². The summed E-state index contributed by atoms with van der Waals surface area (Å²) in [6, 6.07) is 0. The van der Waals surface area contributed by atoms with E-state index in [0.717, 1.165) is 19.3 Å². The predicted octanol–water partition coefficient (Wildman–Crippen LogP) is 0.674. The van der Waals surface area contributed by atoms with Crippen molar-refractivity contribution < 1.29 is 14.1 Å². The number of amides is 2. The van der Waals surface area contributed by atoms with Gasteiger partial charge < -0.3 is 14.3 Å². The summed E-state index contributed by atoms with van der Waals surface area (Å²) in [6.45, 7) is 1.02. The van der Waals surface area contributed by atoms with Gasteiger partial charge in [0, 0.05) is 27.1 Å². The average molecular weight is 266 g/mol. The zero-order valence-electron chi connectivity index (χ0n) is 11.3. The number of hydrogen-bond donors (Lipinski definition) is 0. The molecule has 0 bridgehead atoms. The summed E-state index contributed by atoms with van der Waals surface area (Å²) in [5.41, 5.74) is 0. The standard InChI is InChI=1S/C12H18N4O3/c1-15(2)12(18)11-13-9(14-19-11)8-16-7-5-3-4-6-10(16)17/h3-8H2,1-2H3. The summed E-state index contributed by atoms with van der Waals surface area (Å²) in [5, 5.41) is 3.75. The third kappa shape index (κ3) is 3.30. The Balaban J connectivity index is 2.03. The Hall–Kier alpha value is -1.92. The maximum absolute atomic E-state index is 11.8. The van der Waals surface area contributed by atoms with Crippen LogP contribution in [0.2, 0.25) is 0 Å². The second-order valence-corrected chi connectivity index (χ2v) is 4.84. The van der Waals surface area contributed by atoms with Gasteiger partial charge in [0.1, 0.15) is 0 Å². The van der Waals surface area contributed by atoms with Crippen LogP contribution >= 0.6 is 0 Å². The van der Waals surface area contributed by atoms with Crippen LogP contribution in [0.5, 0.6) is 0 Å². The van der Waals surface area contributed by atoms with Gasteiger partial charge in [-0.3, -0.25) is 9.59 Å². The van der Waals surface area contributed by atoms with Gasteiger partial charge in [0.25, 0.3) is 0 Å². The van der Waals surface area contributed by atoms with Crippen LogP contribution in [0, 0.1) is 0 Å². The van der Waals surface area contributed by atoms with Crippen molar-refractivity contribution in [3.8, 4) is 0 Å². The van der Waals surface area contributed by atoms with Crippen LogP contribution in [0.3, 0.4) is 0 Å². The molecule has 1 aromatic heterocycles. The fourth-order valence-corrected chi connectivity index (χ4v) is 1.97. The largest absolute Gasteiger partial charge is 0.341 e. The Morgan fingerprint density at radius 1 is 1.37 bits per heavy atom. The Morgan fingerprint density at radius 2 is 2.16 bits per heavy atom. The lowest BCUT2D eigenvalue weighted by Crippen LogP contribution is -2.30. The third-order valence-corrected chi connectivity index (χ3v) is 3.06. The maximum atomic E-state index is 11.8. The summed E-state index contributed by atoms with van der Waals surface area (Å²) >= 11 is 0. The van der Waals surface area contributed by atoms with Crippen molar-refractivity contribution in [3.63, 3.8) is 0 Å². The van der Waals surface area contributed by atoms with E-state index < -0.39 is 0 Å². The van der Waals surface area contributed by atoms with E-state index in [9.17, 15) is 9.59 Å². The molecule has 1 aromatic rings. The molecular formula is C12H18N4O3.